The van der Waals surface area contributed by atoms with E-state index in [1.807, 2.05) is 12.1 Å². The van der Waals surface area contributed by atoms with Crippen LogP contribution in [0.2, 0.25) is 0 Å². The van der Waals surface area contributed by atoms with Crippen LogP contribution in [0.25, 0.3) is 0 Å². The molecule has 8 heteroatoms. The number of methoxy groups -OCH3 is 1. The third kappa shape index (κ3) is 4.11. The topological polar surface area (TPSA) is 78.3 Å². The summed E-state index contributed by atoms with van der Waals surface area (Å²) < 4.78 is 14.4. The fourth-order valence-corrected chi connectivity index (χ4v) is 5.31. The Labute approximate surface area is 207 Å². The van der Waals surface area contributed by atoms with Crippen molar-refractivity contribution in [1.29, 1.82) is 0 Å². The average Bonchev–Trinajstić information content (AvgIpc) is 3.24. The predicted molar refractivity (Wildman–Crippen MR) is 133 cm³/mol. The second kappa shape index (κ2) is 8.58. The van der Waals surface area contributed by atoms with E-state index in [2.05, 4.69) is 76.4 Å². The molecule has 1 aromatic heterocycles. The van der Waals surface area contributed by atoms with Crippen molar-refractivity contribution in [2.45, 2.75) is 46.3 Å². The van der Waals surface area contributed by atoms with Crippen molar-refractivity contribution in [2.24, 2.45) is 5.41 Å². The molecule has 0 radical (unpaired) electrons. The van der Waals surface area contributed by atoms with Crippen LogP contribution in [-0.4, -0.2) is 27.7 Å². The Bertz CT molecular complexity index is 1290. The van der Waals surface area contributed by atoms with Gasteiger partial charge < -0.3 is 14.8 Å². The van der Waals surface area contributed by atoms with Crippen LogP contribution in [0.1, 0.15) is 49.4 Å². The number of aryl methyl sites for hydroxylation is 1. The second-order valence-corrected chi connectivity index (χ2v) is 10.6. The minimum absolute atomic E-state index is 0.110. The maximum absolute atomic E-state index is 13.3. The molecule has 2 aromatic carbocycles. The number of halogens is 1. The molecule has 0 bridgehead atoms. The minimum atomic E-state index is -0.395. The van der Waals surface area contributed by atoms with Crippen molar-refractivity contribution in [3.63, 3.8) is 0 Å². The van der Waals surface area contributed by atoms with E-state index in [0.29, 0.717) is 30.5 Å². The van der Waals surface area contributed by atoms with Crippen LogP contribution in [-0.2, 0) is 11.4 Å². The van der Waals surface area contributed by atoms with Crippen LogP contribution in [0.4, 0.5) is 5.95 Å². The van der Waals surface area contributed by atoms with E-state index in [4.69, 9.17) is 9.47 Å². The van der Waals surface area contributed by atoms with Crippen molar-refractivity contribution >= 4 is 27.7 Å². The lowest BCUT2D eigenvalue weighted by Crippen LogP contribution is -2.36. The zero-order valence-corrected chi connectivity index (χ0v) is 21.3. The number of benzene rings is 2. The van der Waals surface area contributed by atoms with Crippen molar-refractivity contribution in [3.8, 4) is 11.5 Å². The molecule has 1 N–H and O–H groups in total. The third-order valence-corrected chi connectivity index (χ3v) is 6.93. The smallest absolute Gasteiger partial charge is 0.226 e. The standard InChI is InChI=1S/C26H27BrN4O3/c1-15-5-7-16(8-6-15)13-34-24-18(27)9-17(10-21(24)33-4)23-22-19(11-26(2,3)12-20(22)32)30-25-28-14-29-31(23)25/h5-10,14,23H,11-13H2,1-4H3,(H,28,29,30). The number of allylic oxidation sites excluding steroid dienone is 2. The number of nitrogens with zero attached hydrogens (tertiary/aromatic N) is 3. The Morgan fingerprint density at radius 2 is 1.97 bits per heavy atom. The summed E-state index contributed by atoms with van der Waals surface area (Å²) in [5.41, 5.74) is 4.69. The molecule has 2 aliphatic rings. The van der Waals surface area contributed by atoms with Gasteiger partial charge in [0.1, 0.15) is 19.0 Å². The fourth-order valence-electron chi connectivity index (χ4n) is 4.73. The minimum Gasteiger partial charge on any atom is -0.493 e. The van der Waals surface area contributed by atoms with Gasteiger partial charge in [-0.1, -0.05) is 43.7 Å². The van der Waals surface area contributed by atoms with Crippen molar-refractivity contribution < 1.29 is 14.3 Å². The normalized spacial score (nSPS) is 18.7. The molecule has 5 rings (SSSR count). The summed E-state index contributed by atoms with van der Waals surface area (Å²) in [5, 5.41) is 7.78. The van der Waals surface area contributed by atoms with E-state index in [9.17, 15) is 4.79 Å². The molecule has 0 amide bonds. The van der Waals surface area contributed by atoms with Crippen LogP contribution >= 0.6 is 15.9 Å². The van der Waals surface area contributed by atoms with Gasteiger partial charge >= 0.3 is 0 Å². The van der Waals surface area contributed by atoms with Crippen LogP contribution in [0.15, 0.2) is 58.5 Å². The van der Waals surface area contributed by atoms with Gasteiger partial charge in [-0.05, 0) is 57.9 Å². The lowest BCUT2D eigenvalue weighted by Gasteiger charge is -2.38. The van der Waals surface area contributed by atoms with E-state index in [1.165, 1.54) is 11.9 Å². The van der Waals surface area contributed by atoms with Gasteiger partial charge in [0.15, 0.2) is 17.3 Å². The summed E-state index contributed by atoms with van der Waals surface area (Å²) in [7, 11) is 1.62. The third-order valence-electron chi connectivity index (χ3n) is 6.35. The van der Waals surface area contributed by atoms with Gasteiger partial charge in [0, 0.05) is 17.7 Å². The van der Waals surface area contributed by atoms with Crippen molar-refractivity contribution in [1.82, 2.24) is 14.8 Å². The largest absolute Gasteiger partial charge is 0.493 e. The number of ether oxygens (including phenoxy) is 2. The molecule has 0 spiro atoms. The van der Waals surface area contributed by atoms with E-state index in [0.717, 1.165) is 33.3 Å². The van der Waals surface area contributed by atoms with Gasteiger partial charge in [-0.25, -0.2) is 4.68 Å². The fraction of sp³-hybridized carbons (Fsp3) is 0.346. The predicted octanol–water partition coefficient (Wildman–Crippen LogP) is 5.59. The van der Waals surface area contributed by atoms with Gasteiger partial charge in [-0.3, -0.25) is 4.79 Å². The highest BCUT2D eigenvalue weighted by atomic mass is 79.9. The number of rotatable bonds is 5. The Morgan fingerprint density at radius 3 is 2.71 bits per heavy atom. The second-order valence-electron chi connectivity index (χ2n) is 9.70. The molecule has 1 aliphatic carbocycles. The molecular weight excluding hydrogens is 496 g/mol. The summed E-state index contributed by atoms with van der Waals surface area (Å²) in [6, 6.07) is 11.7. The van der Waals surface area contributed by atoms with Crippen molar-refractivity contribution in [2.75, 3.05) is 12.4 Å². The monoisotopic (exact) mass is 522 g/mol. The average molecular weight is 523 g/mol. The van der Waals surface area contributed by atoms with E-state index < -0.39 is 6.04 Å². The van der Waals surface area contributed by atoms with Gasteiger partial charge in [0.05, 0.1) is 11.6 Å². The Hall–Kier alpha value is -3.13. The number of fused-ring (bicyclic) bond motifs is 1. The van der Waals surface area contributed by atoms with Crippen LogP contribution in [0, 0.1) is 12.3 Å². The number of hydrogen-bond acceptors (Lipinski definition) is 6. The highest BCUT2D eigenvalue weighted by molar-refractivity contribution is 9.10. The summed E-state index contributed by atoms with van der Waals surface area (Å²) in [6.07, 6.45) is 2.77. The molecule has 0 saturated carbocycles. The number of ketones is 1. The molecule has 7 nitrogen and oxygen atoms in total. The molecule has 176 valence electrons. The lowest BCUT2D eigenvalue weighted by molar-refractivity contribution is -0.118. The molecule has 1 atom stereocenters. The maximum atomic E-state index is 13.3. The molecule has 2 heterocycles. The van der Waals surface area contributed by atoms with E-state index >= 15 is 0 Å². The number of nitrogens with one attached hydrogen (secondary N) is 1. The highest BCUT2D eigenvalue weighted by Crippen LogP contribution is 2.47. The molecule has 0 saturated heterocycles. The molecule has 1 unspecified atom stereocenters. The quantitative estimate of drug-likeness (QED) is 0.470. The SMILES string of the molecule is COc1cc(C2C3=C(CC(C)(C)CC3=O)Nc3ncnn32)cc(Br)c1OCc1ccc(C)cc1. The summed E-state index contributed by atoms with van der Waals surface area (Å²) in [6.45, 7) is 6.70. The van der Waals surface area contributed by atoms with Crippen molar-refractivity contribution in [3.05, 3.63) is 75.2 Å². The highest BCUT2D eigenvalue weighted by Gasteiger charge is 2.41. The Balaban J connectivity index is 1.54. The first-order valence-corrected chi connectivity index (χ1v) is 12.0. The van der Waals surface area contributed by atoms with Gasteiger partial charge in [-0.2, -0.15) is 10.1 Å². The maximum Gasteiger partial charge on any atom is 0.226 e. The Kier molecular flexibility index (Phi) is 5.72. The first kappa shape index (κ1) is 22.7. The number of aromatic nitrogens is 3. The zero-order valence-electron chi connectivity index (χ0n) is 19.7. The number of hydrogen-bond donors (Lipinski definition) is 1. The van der Waals surface area contributed by atoms with Crippen LogP contribution < -0.4 is 14.8 Å². The number of Topliss-reactive ketones (excluding diaryl/α,β-unsaturated/α-hetero) is 1. The molecule has 34 heavy (non-hydrogen) atoms. The lowest BCUT2D eigenvalue weighted by atomic mass is 9.73. The van der Waals surface area contributed by atoms with Gasteiger partial charge in [0.25, 0.3) is 0 Å². The number of carbonyl (C=O) groups excluding carboxylic acids is 1. The van der Waals surface area contributed by atoms with Gasteiger partial charge in [-0.15, -0.1) is 0 Å². The zero-order chi connectivity index (χ0) is 24.0. The van der Waals surface area contributed by atoms with E-state index in [-0.39, 0.29) is 11.2 Å². The Morgan fingerprint density at radius 1 is 1.21 bits per heavy atom. The van der Waals surface area contributed by atoms with Gasteiger partial charge in [0.2, 0.25) is 5.95 Å². The molecule has 1 aliphatic heterocycles. The van der Waals surface area contributed by atoms with Crippen LogP contribution in [0.3, 0.4) is 0 Å². The molecule has 0 fully saturated rings. The summed E-state index contributed by atoms with van der Waals surface area (Å²) in [5.74, 6) is 1.95. The number of carbonyl (C=O) groups is 1. The van der Waals surface area contributed by atoms with E-state index in [1.54, 1.807) is 11.8 Å². The first-order chi connectivity index (χ1) is 16.3. The first-order valence-electron chi connectivity index (χ1n) is 11.2. The molecular formula is C26H27BrN4O3. The van der Waals surface area contributed by atoms with Crippen LogP contribution in [0.5, 0.6) is 11.5 Å². The summed E-state index contributed by atoms with van der Waals surface area (Å²) in [4.78, 5) is 17.7. The molecule has 3 aromatic rings. The number of anilines is 1. The summed E-state index contributed by atoms with van der Waals surface area (Å²) >= 11 is 3.68.